The molecule has 0 radical (unpaired) electrons. The molecule has 2 amide bonds. The smallest absolute Gasteiger partial charge is 0.245 e. The second-order valence-corrected chi connectivity index (χ2v) is 4.91. The Morgan fingerprint density at radius 1 is 1.30 bits per heavy atom. The lowest BCUT2D eigenvalue weighted by Gasteiger charge is -2.32. The van der Waals surface area contributed by atoms with Gasteiger partial charge >= 0.3 is 0 Å². The van der Waals surface area contributed by atoms with Crippen LogP contribution in [-0.4, -0.2) is 36.1 Å². The van der Waals surface area contributed by atoms with Gasteiger partial charge in [0.2, 0.25) is 18.6 Å². The van der Waals surface area contributed by atoms with E-state index in [2.05, 4.69) is 5.32 Å². The van der Waals surface area contributed by atoms with Crippen molar-refractivity contribution in [3.05, 3.63) is 23.8 Å². The molecule has 0 spiro atoms. The van der Waals surface area contributed by atoms with Crippen LogP contribution < -0.4 is 14.8 Å². The number of ether oxygens (including phenoxy) is 2. The van der Waals surface area contributed by atoms with Crippen molar-refractivity contribution < 1.29 is 19.1 Å². The number of carbonyl (C=O) groups excluding carboxylic acids is 2. The molecule has 20 heavy (non-hydrogen) atoms. The number of hydrogen-bond donors (Lipinski definition) is 1. The fourth-order valence-electron chi connectivity index (χ4n) is 2.44. The Bertz CT molecular complexity index is 558. The Morgan fingerprint density at radius 3 is 2.90 bits per heavy atom. The molecule has 0 aromatic heterocycles. The summed E-state index contributed by atoms with van der Waals surface area (Å²) in [5.41, 5.74) is 0.923. The molecule has 1 atom stereocenters. The van der Waals surface area contributed by atoms with Crippen molar-refractivity contribution in [3.63, 3.8) is 0 Å². The average molecular weight is 276 g/mol. The number of piperazine rings is 1. The molecule has 1 aromatic rings. The van der Waals surface area contributed by atoms with Crippen LogP contribution in [0.4, 0.5) is 0 Å². The van der Waals surface area contributed by atoms with Crippen molar-refractivity contribution in [2.24, 2.45) is 0 Å². The van der Waals surface area contributed by atoms with E-state index in [0.717, 1.165) is 5.56 Å². The summed E-state index contributed by atoms with van der Waals surface area (Å²) in [7, 11) is 0. The maximum absolute atomic E-state index is 12.2. The van der Waals surface area contributed by atoms with Crippen LogP contribution in [0.1, 0.15) is 18.9 Å². The third-order valence-corrected chi connectivity index (χ3v) is 3.50. The van der Waals surface area contributed by atoms with Gasteiger partial charge in [0.05, 0.1) is 6.54 Å². The van der Waals surface area contributed by atoms with Gasteiger partial charge in [0.15, 0.2) is 11.5 Å². The van der Waals surface area contributed by atoms with E-state index in [1.54, 1.807) is 4.90 Å². The second kappa shape index (κ2) is 5.03. The van der Waals surface area contributed by atoms with E-state index in [1.165, 1.54) is 0 Å². The first kappa shape index (κ1) is 12.8. The SMILES string of the molecule is CCC1NC(=O)CN(Cc2ccc3c(c2)OCO3)C1=O. The van der Waals surface area contributed by atoms with Crippen LogP contribution in [0.3, 0.4) is 0 Å². The summed E-state index contributed by atoms with van der Waals surface area (Å²) in [6.45, 7) is 2.61. The summed E-state index contributed by atoms with van der Waals surface area (Å²) in [6.07, 6.45) is 0.599. The monoisotopic (exact) mass is 276 g/mol. The standard InChI is InChI=1S/C14H16N2O4/c1-2-10-14(18)16(7-13(17)15-10)6-9-3-4-11-12(5-9)20-8-19-11/h3-5,10H,2,6-8H2,1H3,(H,15,17). The summed E-state index contributed by atoms with van der Waals surface area (Å²) in [4.78, 5) is 25.4. The van der Waals surface area contributed by atoms with Crippen molar-refractivity contribution in [2.75, 3.05) is 13.3 Å². The molecule has 6 nitrogen and oxygen atoms in total. The van der Waals surface area contributed by atoms with E-state index in [4.69, 9.17) is 9.47 Å². The molecule has 6 heteroatoms. The Labute approximate surface area is 116 Å². The van der Waals surface area contributed by atoms with E-state index < -0.39 is 6.04 Å². The molecule has 0 aliphatic carbocycles. The van der Waals surface area contributed by atoms with E-state index in [9.17, 15) is 9.59 Å². The van der Waals surface area contributed by atoms with Gasteiger partial charge in [-0.3, -0.25) is 9.59 Å². The number of fused-ring (bicyclic) bond motifs is 1. The largest absolute Gasteiger partial charge is 0.454 e. The lowest BCUT2D eigenvalue weighted by atomic mass is 10.1. The van der Waals surface area contributed by atoms with Crippen LogP contribution in [0.5, 0.6) is 11.5 Å². The van der Waals surface area contributed by atoms with Gasteiger partial charge in [0, 0.05) is 6.54 Å². The van der Waals surface area contributed by atoms with Gasteiger partial charge < -0.3 is 19.7 Å². The van der Waals surface area contributed by atoms with Gasteiger partial charge in [-0.1, -0.05) is 13.0 Å². The first-order chi connectivity index (χ1) is 9.67. The van der Waals surface area contributed by atoms with Crippen LogP contribution in [0.2, 0.25) is 0 Å². The van der Waals surface area contributed by atoms with Crippen molar-refractivity contribution in [1.29, 1.82) is 0 Å². The van der Waals surface area contributed by atoms with Crippen molar-refractivity contribution in [2.45, 2.75) is 25.9 Å². The lowest BCUT2D eigenvalue weighted by molar-refractivity contribution is -0.144. The number of nitrogens with zero attached hydrogens (tertiary/aromatic N) is 1. The maximum atomic E-state index is 12.2. The van der Waals surface area contributed by atoms with Gasteiger partial charge in [-0.2, -0.15) is 0 Å². The Kier molecular flexibility index (Phi) is 3.22. The molecular formula is C14H16N2O4. The van der Waals surface area contributed by atoms with Gasteiger partial charge in [-0.15, -0.1) is 0 Å². The minimum Gasteiger partial charge on any atom is -0.454 e. The number of nitrogens with one attached hydrogen (secondary N) is 1. The van der Waals surface area contributed by atoms with Crippen LogP contribution in [-0.2, 0) is 16.1 Å². The van der Waals surface area contributed by atoms with Gasteiger partial charge in [-0.05, 0) is 24.1 Å². The Morgan fingerprint density at radius 2 is 2.10 bits per heavy atom. The zero-order valence-corrected chi connectivity index (χ0v) is 11.2. The quantitative estimate of drug-likeness (QED) is 0.880. The summed E-state index contributed by atoms with van der Waals surface area (Å²) >= 11 is 0. The molecular weight excluding hydrogens is 260 g/mol. The molecule has 2 aliphatic heterocycles. The van der Waals surface area contributed by atoms with Crippen molar-refractivity contribution in [3.8, 4) is 11.5 Å². The minimum atomic E-state index is -0.412. The molecule has 3 rings (SSSR count). The molecule has 0 saturated carbocycles. The predicted octanol–water partition coefficient (Wildman–Crippen LogP) is 0.652. The summed E-state index contributed by atoms with van der Waals surface area (Å²) in [6, 6.07) is 5.14. The predicted molar refractivity (Wildman–Crippen MR) is 70.2 cm³/mol. The highest BCUT2D eigenvalue weighted by Crippen LogP contribution is 2.32. The van der Waals surface area contributed by atoms with Crippen molar-refractivity contribution >= 4 is 11.8 Å². The summed E-state index contributed by atoms with van der Waals surface area (Å²) < 4.78 is 10.6. The highest BCUT2D eigenvalue weighted by molar-refractivity contribution is 5.94. The van der Waals surface area contributed by atoms with E-state index >= 15 is 0 Å². The molecule has 1 saturated heterocycles. The summed E-state index contributed by atoms with van der Waals surface area (Å²) in [5.74, 6) is 1.24. The molecule has 2 heterocycles. The first-order valence-corrected chi connectivity index (χ1v) is 6.64. The highest BCUT2D eigenvalue weighted by Gasteiger charge is 2.31. The number of rotatable bonds is 3. The average Bonchev–Trinajstić information content (AvgIpc) is 2.90. The molecule has 1 unspecified atom stereocenters. The first-order valence-electron chi connectivity index (χ1n) is 6.64. The molecule has 106 valence electrons. The molecule has 1 N–H and O–H groups in total. The van der Waals surface area contributed by atoms with Crippen LogP contribution >= 0.6 is 0 Å². The van der Waals surface area contributed by atoms with Crippen LogP contribution in [0.15, 0.2) is 18.2 Å². The summed E-state index contributed by atoms with van der Waals surface area (Å²) in [5, 5.41) is 2.70. The topological polar surface area (TPSA) is 67.9 Å². The minimum absolute atomic E-state index is 0.0373. The van der Waals surface area contributed by atoms with Gasteiger partial charge in [0.25, 0.3) is 0 Å². The van der Waals surface area contributed by atoms with Gasteiger partial charge in [-0.25, -0.2) is 0 Å². The third-order valence-electron chi connectivity index (χ3n) is 3.50. The van der Waals surface area contributed by atoms with Crippen LogP contribution in [0, 0.1) is 0 Å². The molecule has 1 aromatic carbocycles. The third kappa shape index (κ3) is 2.29. The second-order valence-electron chi connectivity index (χ2n) is 4.91. The van der Waals surface area contributed by atoms with E-state index in [-0.39, 0.29) is 25.2 Å². The number of carbonyl (C=O) groups is 2. The number of benzene rings is 1. The fourth-order valence-corrected chi connectivity index (χ4v) is 2.44. The van der Waals surface area contributed by atoms with Gasteiger partial charge in [0.1, 0.15) is 6.04 Å². The Hall–Kier alpha value is -2.24. The zero-order valence-electron chi connectivity index (χ0n) is 11.2. The normalized spacial score (nSPS) is 21.1. The molecule has 0 bridgehead atoms. The number of amides is 2. The Balaban J connectivity index is 1.76. The zero-order chi connectivity index (χ0) is 14.1. The number of hydrogen-bond acceptors (Lipinski definition) is 4. The van der Waals surface area contributed by atoms with E-state index in [1.807, 2.05) is 25.1 Å². The van der Waals surface area contributed by atoms with Crippen molar-refractivity contribution in [1.82, 2.24) is 10.2 Å². The lowest BCUT2D eigenvalue weighted by Crippen LogP contribution is -2.57. The van der Waals surface area contributed by atoms with E-state index in [0.29, 0.717) is 24.5 Å². The maximum Gasteiger partial charge on any atom is 0.245 e. The highest BCUT2D eigenvalue weighted by atomic mass is 16.7. The van der Waals surface area contributed by atoms with Crippen LogP contribution in [0.25, 0.3) is 0 Å². The molecule has 1 fully saturated rings. The fraction of sp³-hybridized carbons (Fsp3) is 0.429. The molecule has 2 aliphatic rings.